The Kier molecular flexibility index (Phi) is 4.69. The van der Waals surface area contributed by atoms with Gasteiger partial charge in [0.15, 0.2) is 0 Å². The first kappa shape index (κ1) is 15.8. The summed E-state index contributed by atoms with van der Waals surface area (Å²) in [6.07, 6.45) is 13.7. The molecule has 4 rings (SSSR count). The number of amides is 1. The average molecular weight is 356 g/mol. The summed E-state index contributed by atoms with van der Waals surface area (Å²) in [5, 5.41) is 3.17. The van der Waals surface area contributed by atoms with Gasteiger partial charge in [0.1, 0.15) is 0 Å². The Bertz CT molecular complexity index is 381. The maximum absolute atomic E-state index is 12.3. The molecule has 4 fully saturated rings. The van der Waals surface area contributed by atoms with Gasteiger partial charge in [0.2, 0.25) is 5.91 Å². The fourth-order valence-electron chi connectivity index (χ4n) is 5.73. The molecule has 0 spiro atoms. The first-order chi connectivity index (χ1) is 10.0. The number of carbonyl (C=O) groups is 1. The van der Waals surface area contributed by atoms with E-state index in [0.717, 1.165) is 31.2 Å². The molecule has 4 aliphatic carbocycles. The molecule has 0 radical (unpaired) electrons. The molecule has 3 heteroatoms. The highest BCUT2D eigenvalue weighted by atomic mass is 79.9. The molecule has 0 saturated heterocycles. The molecule has 0 aromatic heterocycles. The van der Waals surface area contributed by atoms with Gasteiger partial charge in [-0.1, -0.05) is 42.1 Å². The predicted octanol–water partition coefficient (Wildman–Crippen LogP) is 4.81. The average Bonchev–Trinajstić information content (AvgIpc) is 2.34. The summed E-state index contributed by atoms with van der Waals surface area (Å²) in [5.41, 5.74) is 0.321. The van der Waals surface area contributed by atoms with Crippen LogP contribution in [0.2, 0.25) is 0 Å². The van der Waals surface area contributed by atoms with Crippen molar-refractivity contribution in [3.05, 3.63) is 0 Å². The van der Waals surface area contributed by atoms with Crippen molar-refractivity contribution in [1.29, 1.82) is 0 Å². The third-order valence-corrected chi connectivity index (χ3v) is 6.93. The predicted molar refractivity (Wildman–Crippen MR) is 90.5 cm³/mol. The maximum atomic E-state index is 12.3. The van der Waals surface area contributed by atoms with Gasteiger partial charge < -0.3 is 5.32 Å². The van der Waals surface area contributed by atoms with Crippen molar-refractivity contribution in [1.82, 2.24) is 5.32 Å². The van der Waals surface area contributed by atoms with E-state index in [1.54, 1.807) is 0 Å². The Morgan fingerprint density at radius 1 is 1.14 bits per heavy atom. The summed E-state index contributed by atoms with van der Waals surface area (Å²) < 4.78 is 0.374. The number of hydrogen-bond acceptors (Lipinski definition) is 1. The van der Waals surface area contributed by atoms with Crippen LogP contribution in [0.3, 0.4) is 0 Å². The second kappa shape index (κ2) is 6.22. The molecule has 0 aromatic rings. The summed E-state index contributed by atoms with van der Waals surface area (Å²) in [5.74, 6) is 2.07. The first-order valence-corrected chi connectivity index (χ1v) is 9.77. The normalized spacial score (nSPS) is 40.5. The molecule has 4 bridgehead atoms. The lowest BCUT2D eigenvalue weighted by molar-refractivity contribution is -0.128. The fraction of sp³-hybridized carbons (Fsp3) is 0.944. The number of alkyl halides is 1. The van der Waals surface area contributed by atoms with E-state index in [-0.39, 0.29) is 0 Å². The van der Waals surface area contributed by atoms with E-state index in [0.29, 0.717) is 15.6 Å². The summed E-state index contributed by atoms with van der Waals surface area (Å²) in [6.45, 7) is 3.10. The number of carbonyl (C=O) groups excluding carboxylic acids is 1. The van der Waals surface area contributed by atoms with Crippen LogP contribution >= 0.6 is 15.9 Å². The van der Waals surface area contributed by atoms with E-state index in [1.807, 2.05) is 0 Å². The zero-order chi connectivity index (χ0) is 14.9. The van der Waals surface area contributed by atoms with E-state index >= 15 is 0 Å². The molecule has 21 heavy (non-hydrogen) atoms. The largest absolute Gasteiger partial charge is 0.356 e. The van der Waals surface area contributed by atoms with Crippen LogP contribution in [0.4, 0.5) is 0 Å². The van der Waals surface area contributed by atoms with Gasteiger partial charge in [-0.2, -0.15) is 0 Å². The van der Waals surface area contributed by atoms with Gasteiger partial charge in [0.05, 0.1) is 0 Å². The molecule has 2 unspecified atom stereocenters. The van der Waals surface area contributed by atoms with Crippen LogP contribution in [0.25, 0.3) is 0 Å². The lowest BCUT2D eigenvalue weighted by Crippen LogP contribution is -2.54. The third-order valence-electron chi connectivity index (χ3n) is 6.00. The Hall–Kier alpha value is -0.0500. The van der Waals surface area contributed by atoms with Crippen molar-refractivity contribution in [2.45, 2.75) is 81.9 Å². The van der Waals surface area contributed by atoms with E-state index in [4.69, 9.17) is 0 Å². The minimum absolute atomic E-state index is 0.310. The Labute approximate surface area is 138 Å². The van der Waals surface area contributed by atoms with Crippen LogP contribution in [0.5, 0.6) is 0 Å². The highest BCUT2D eigenvalue weighted by Gasteiger charge is 2.57. The second-order valence-electron chi connectivity index (χ2n) is 8.20. The molecule has 0 aromatic carbocycles. The van der Waals surface area contributed by atoms with Crippen molar-refractivity contribution in [2.24, 2.45) is 17.3 Å². The number of halogens is 1. The van der Waals surface area contributed by atoms with Crippen LogP contribution in [0.1, 0.15) is 77.6 Å². The smallest absolute Gasteiger partial charge is 0.220 e. The Morgan fingerprint density at radius 2 is 1.86 bits per heavy atom. The Balaban J connectivity index is 1.49. The zero-order valence-electron chi connectivity index (χ0n) is 13.4. The molecule has 2 atom stereocenters. The Morgan fingerprint density at radius 3 is 2.48 bits per heavy atom. The summed E-state index contributed by atoms with van der Waals surface area (Å²) in [4.78, 5) is 12.3. The molecule has 4 saturated carbocycles. The van der Waals surface area contributed by atoms with E-state index in [1.165, 1.54) is 57.8 Å². The van der Waals surface area contributed by atoms with Crippen LogP contribution in [0.15, 0.2) is 0 Å². The second-order valence-corrected chi connectivity index (χ2v) is 9.88. The molecular formula is C18H30BrNO. The highest BCUT2D eigenvalue weighted by molar-refractivity contribution is 9.10. The molecule has 4 aliphatic rings. The van der Waals surface area contributed by atoms with Gasteiger partial charge in [-0.15, -0.1) is 0 Å². The summed E-state index contributed by atoms with van der Waals surface area (Å²) in [6, 6.07) is 0. The van der Waals surface area contributed by atoms with Crippen molar-refractivity contribution in [2.75, 3.05) is 6.54 Å². The minimum atomic E-state index is 0.310. The van der Waals surface area contributed by atoms with Gasteiger partial charge in [-0.25, -0.2) is 0 Å². The topological polar surface area (TPSA) is 29.1 Å². The summed E-state index contributed by atoms with van der Waals surface area (Å²) >= 11 is 4.03. The number of unbranched alkanes of at least 4 members (excludes halogenated alkanes) is 3. The van der Waals surface area contributed by atoms with E-state index < -0.39 is 0 Å². The molecule has 1 amide bonds. The third kappa shape index (κ3) is 3.65. The standard InChI is InChI=1S/C18H30BrNO/c1-2-3-4-5-6-20-16(21)12-17-8-14-7-15(9-17)11-18(19,10-14)13-17/h14-15H,2-13H2,1H3,(H,20,21). The fourth-order valence-corrected chi connectivity index (χ4v) is 7.24. The SMILES string of the molecule is CCCCCCNC(=O)CC12CC3CC(CC(Br)(C3)C1)C2. The van der Waals surface area contributed by atoms with Crippen molar-refractivity contribution in [3.63, 3.8) is 0 Å². The quantitative estimate of drug-likeness (QED) is 0.515. The minimum Gasteiger partial charge on any atom is -0.356 e. The van der Waals surface area contributed by atoms with Gasteiger partial charge in [-0.3, -0.25) is 4.79 Å². The van der Waals surface area contributed by atoms with E-state index in [9.17, 15) is 4.79 Å². The van der Waals surface area contributed by atoms with Gasteiger partial charge in [-0.05, 0) is 62.2 Å². The highest BCUT2D eigenvalue weighted by Crippen LogP contribution is 2.65. The molecule has 1 N–H and O–H groups in total. The van der Waals surface area contributed by atoms with Crippen molar-refractivity contribution < 1.29 is 4.79 Å². The van der Waals surface area contributed by atoms with Gasteiger partial charge >= 0.3 is 0 Å². The monoisotopic (exact) mass is 355 g/mol. The number of nitrogens with one attached hydrogen (secondary N) is 1. The molecule has 120 valence electrons. The lowest BCUT2D eigenvalue weighted by atomic mass is 9.48. The van der Waals surface area contributed by atoms with E-state index in [2.05, 4.69) is 28.2 Å². The number of hydrogen-bond donors (Lipinski definition) is 1. The molecule has 2 nitrogen and oxygen atoms in total. The van der Waals surface area contributed by atoms with Crippen molar-refractivity contribution in [3.8, 4) is 0 Å². The van der Waals surface area contributed by atoms with Crippen LogP contribution < -0.4 is 5.32 Å². The summed E-state index contributed by atoms with van der Waals surface area (Å²) in [7, 11) is 0. The van der Waals surface area contributed by atoms with Crippen LogP contribution in [-0.2, 0) is 4.79 Å². The van der Waals surface area contributed by atoms with Gasteiger partial charge in [0.25, 0.3) is 0 Å². The molecule has 0 heterocycles. The molecule has 0 aliphatic heterocycles. The van der Waals surface area contributed by atoms with Crippen LogP contribution in [-0.4, -0.2) is 16.8 Å². The van der Waals surface area contributed by atoms with Crippen LogP contribution in [0, 0.1) is 17.3 Å². The zero-order valence-corrected chi connectivity index (χ0v) is 15.0. The number of rotatable bonds is 7. The van der Waals surface area contributed by atoms with Gasteiger partial charge in [0, 0.05) is 17.3 Å². The van der Waals surface area contributed by atoms with Crippen molar-refractivity contribution >= 4 is 21.8 Å². The lowest BCUT2D eigenvalue weighted by Gasteiger charge is -2.60. The molecular weight excluding hydrogens is 326 g/mol. The first-order valence-electron chi connectivity index (χ1n) is 8.98. The maximum Gasteiger partial charge on any atom is 0.220 e.